The highest BCUT2D eigenvalue weighted by Crippen LogP contribution is 2.16. The van der Waals surface area contributed by atoms with Crippen molar-refractivity contribution in [2.24, 2.45) is 5.73 Å². The first-order valence-electron chi connectivity index (χ1n) is 4.80. The van der Waals surface area contributed by atoms with Crippen LogP contribution in [0.4, 0.5) is 10.1 Å². The van der Waals surface area contributed by atoms with Crippen LogP contribution in [0.3, 0.4) is 0 Å². The summed E-state index contributed by atoms with van der Waals surface area (Å²) >= 11 is 0. The minimum atomic E-state index is -0.364. The Balaban J connectivity index is 2.71. The number of nitrogens with two attached hydrogens (primary N) is 1. The van der Waals surface area contributed by atoms with Crippen LogP contribution in [0.1, 0.15) is 18.9 Å². The van der Waals surface area contributed by atoms with Gasteiger partial charge in [0.1, 0.15) is 5.82 Å². The molecular formula is C11H15FN2O. The van der Waals surface area contributed by atoms with Crippen LogP contribution in [-0.2, 0) is 4.79 Å². The van der Waals surface area contributed by atoms with E-state index in [1.165, 1.54) is 12.1 Å². The maximum absolute atomic E-state index is 12.9. The first-order chi connectivity index (χ1) is 6.99. The molecule has 0 radical (unpaired) electrons. The first kappa shape index (κ1) is 11.7. The Kier molecular flexibility index (Phi) is 3.80. The minimum Gasteiger partial charge on any atom is -0.327 e. The van der Waals surface area contributed by atoms with E-state index >= 15 is 0 Å². The minimum absolute atomic E-state index is 0.195. The fourth-order valence-corrected chi connectivity index (χ4v) is 1.22. The van der Waals surface area contributed by atoms with E-state index in [1.807, 2.05) is 0 Å². The van der Waals surface area contributed by atoms with Gasteiger partial charge in [-0.1, -0.05) is 6.07 Å². The van der Waals surface area contributed by atoms with Crippen LogP contribution in [0.2, 0.25) is 0 Å². The normalized spacial score (nSPS) is 12.3. The van der Waals surface area contributed by atoms with Gasteiger partial charge in [-0.2, -0.15) is 0 Å². The fraction of sp³-hybridized carbons (Fsp3) is 0.364. The molecule has 0 aliphatic carbocycles. The average molecular weight is 210 g/mol. The SMILES string of the molecule is Cc1ccc(F)cc1NC(=O)CC(C)N. The Labute approximate surface area is 88.5 Å². The number of benzene rings is 1. The number of aryl methyl sites for hydroxylation is 1. The zero-order chi connectivity index (χ0) is 11.4. The second-order valence-corrected chi connectivity index (χ2v) is 3.69. The van der Waals surface area contributed by atoms with Crippen molar-refractivity contribution in [2.75, 3.05) is 5.32 Å². The molecule has 0 fully saturated rings. The third-order valence-corrected chi connectivity index (χ3v) is 1.98. The summed E-state index contributed by atoms with van der Waals surface area (Å²) < 4.78 is 12.9. The number of rotatable bonds is 3. The predicted octanol–water partition coefficient (Wildman–Crippen LogP) is 1.81. The molecule has 0 aliphatic rings. The van der Waals surface area contributed by atoms with Gasteiger partial charge in [-0.25, -0.2) is 4.39 Å². The standard InChI is InChI=1S/C11H15FN2O/c1-7-3-4-9(12)6-10(7)14-11(15)5-8(2)13/h3-4,6,8H,5,13H2,1-2H3,(H,14,15). The highest BCUT2D eigenvalue weighted by molar-refractivity contribution is 5.91. The third-order valence-electron chi connectivity index (χ3n) is 1.98. The lowest BCUT2D eigenvalue weighted by Gasteiger charge is -2.09. The van der Waals surface area contributed by atoms with Gasteiger partial charge in [0.05, 0.1) is 0 Å². The number of anilines is 1. The molecule has 3 N–H and O–H groups in total. The van der Waals surface area contributed by atoms with Gasteiger partial charge in [0.15, 0.2) is 0 Å². The first-order valence-corrected chi connectivity index (χ1v) is 4.80. The summed E-state index contributed by atoms with van der Waals surface area (Å²) in [6.45, 7) is 3.55. The Morgan fingerprint density at radius 1 is 1.60 bits per heavy atom. The Morgan fingerprint density at radius 2 is 2.27 bits per heavy atom. The molecule has 4 heteroatoms. The van der Waals surface area contributed by atoms with Crippen LogP contribution in [0.25, 0.3) is 0 Å². The molecule has 1 unspecified atom stereocenters. The van der Waals surface area contributed by atoms with Gasteiger partial charge in [0, 0.05) is 18.2 Å². The lowest BCUT2D eigenvalue weighted by atomic mass is 10.2. The quantitative estimate of drug-likeness (QED) is 0.799. The molecule has 1 amide bonds. The maximum Gasteiger partial charge on any atom is 0.225 e. The van der Waals surface area contributed by atoms with Gasteiger partial charge < -0.3 is 11.1 Å². The number of carbonyl (C=O) groups is 1. The number of carbonyl (C=O) groups excluding carboxylic acids is 1. The van der Waals surface area contributed by atoms with Gasteiger partial charge in [0.2, 0.25) is 5.91 Å². The van der Waals surface area contributed by atoms with Gasteiger partial charge in [-0.3, -0.25) is 4.79 Å². The summed E-state index contributed by atoms with van der Waals surface area (Å²) in [5.74, 6) is -0.560. The topological polar surface area (TPSA) is 55.1 Å². The van der Waals surface area contributed by atoms with Crippen molar-refractivity contribution in [3.05, 3.63) is 29.6 Å². The van der Waals surface area contributed by atoms with Crippen molar-refractivity contribution in [3.63, 3.8) is 0 Å². The third kappa shape index (κ3) is 3.67. The van der Waals surface area contributed by atoms with E-state index in [0.717, 1.165) is 5.56 Å². The zero-order valence-electron chi connectivity index (χ0n) is 8.88. The van der Waals surface area contributed by atoms with Crippen molar-refractivity contribution in [1.29, 1.82) is 0 Å². The predicted molar refractivity (Wildman–Crippen MR) is 58.0 cm³/mol. The summed E-state index contributed by atoms with van der Waals surface area (Å²) in [4.78, 5) is 11.4. The summed E-state index contributed by atoms with van der Waals surface area (Å²) in [5.41, 5.74) is 6.81. The molecule has 0 spiro atoms. The molecule has 0 aromatic heterocycles. The number of amides is 1. The van der Waals surface area contributed by atoms with Gasteiger partial charge in [-0.05, 0) is 31.5 Å². The molecule has 1 rings (SSSR count). The molecule has 0 aliphatic heterocycles. The van der Waals surface area contributed by atoms with Gasteiger partial charge >= 0.3 is 0 Å². The molecule has 15 heavy (non-hydrogen) atoms. The Morgan fingerprint density at radius 3 is 2.87 bits per heavy atom. The molecular weight excluding hydrogens is 195 g/mol. The van der Waals surface area contributed by atoms with Crippen LogP contribution in [0.15, 0.2) is 18.2 Å². The molecule has 1 aromatic carbocycles. The monoisotopic (exact) mass is 210 g/mol. The zero-order valence-corrected chi connectivity index (χ0v) is 8.88. The number of hydrogen-bond donors (Lipinski definition) is 2. The van der Waals surface area contributed by atoms with Crippen molar-refractivity contribution in [3.8, 4) is 0 Å². The molecule has 1 atom stereocenters. The Hall–Kier alpha value is -1.42. The second-order valence-electron chi connectivity index (χ2n) is 3.69. The summed E-state index contributed by atoms with van der Waals surface area (Å²) in [7, 11) is 0. The lowest BCUT2D eigenvalue weighted by molar-refractivity contribution is -0.116. The summed E-state index contributed by atoms with van der Waals surface area (Å²) in [6, 6.07) is 4.08. The molecule has 1 aromatic rings. The molecule has 0 bridgehead atoms. The van der Waals surface area contributed by atoms with E-state index in [-0.39, 0.29) is 24.2 Å². The van der Waals surface area contributed by atoms with E-state index in [4.69, 9.17) is 5.73 Å². The van der Waals surface area contributed by atoms with Crippen molar-refractivity contribution >= 4 is 11.6 Å². The highest BCUT2D eigenvalue weighted by Gasteiger charge is 2.07. The Bertz CT molecular complexity index is 364. The average Bonchev–Trinajstić information content (AvgIpc) is 2.10. The molecule has 3 nitrogen and oxygen atoms in total. The van der Waals surface area contributed by atoms with Gasteiger partial charge in [0.25, 0.3) is 0 Å². The molecule has 0 saturated heterocycles. The molecule has 0 heterocycles. The molecule has 0 saturated carbocycles. The largest absolute Gasteiger partial charge is 0.327 e. The van der Waals surface area contributed by atoms with E-state index in [2.05, 4.69) is 5.32 Å². The van der Waals surface area contributed by atoms with Crippen LogP contribution < -0.4 is 11.1 Å². The lowest BCUT2D eigenvalue weighted by Crippen LogP contribution is -2.24. The van der Waals surface area contributed by atoms with E-state index in [0.29, 0.717) is 5.69 Å². The number of halogens is 1. The van der Waals surface area contributed by atoms with Crippen LogP contribution in [-0.4, -0.2) is 11.9 Å². The fourth-order valence-electron chi connectivity index (χ4n) is 1.22. The summed E-state index contributed by atoms with van der Waals surface area (Å²) in [5, 5.41) is 2.62. The van der Waals surface area contributed by atoms with Gasteiger partial charge in [-0.15, -0.1) is 0 Å². The van der Waals surface area contributed by atoms with Crippen LogP contribution in [0, 0.1) is 12.7 Å². The number of hydrogen-bond acceptors (Lipinski definition) is 2. The van der Waals surface area contributed by atoms with Crippen molar-refractivity contribution in [2.45, 2.75) is 26.3 Å². The van der Waals surface area contributed by atoms with Crippen molar-refractivity contribution in [1.82, 2.24) is 0 Å². The highest BCUT2D eigenvalue weighted by atomic mass is 19.1. The second kappa shape index (κ2) is 4.89. The van der Waals surface area contributed by atoms with E-state index in [1.54, 1.807) is 19.9 Å². The van der Waals surface area contributed by atoms with Crippen molar-refractivity contribution < 1.29 is 9.18 Å². The maximum atomic E-state index is 12.9. The van der Waals surface area contributed by atoms with E-state index < -0.39 is 0 Å². The van der Waals surface area contributed by atoms with E-state index in [9.17, 15) is 9.18 Å². The molecule has 82 valence electrons. The number of nitrogens with one attached hydrogen (secondary N) is 1. The summed E-state index contributed by atoms with van der Waals surface area (Å²) in [6.07, 6.45) is 0.232. The van der Waals surface area contributed by atoms with Crippen LogP contribution in [0.5, 0.6) is 0 Å². The smallest absolute Gasteiger partial charge is 0.225 e. The van der Waals surface area contributed by atoms with Crippen LogP contribution >= 0.6 is 0 Å².